The van der Waals surface area contributed by atoms with Crippen molar-refractivity contribution in [1.29, 1.82) is 0 Å². The second kappa shape index (κ2) is 5.81. The van der Waals surface area contributed by atoms with Crippen molar-refractivity contribution in [3.05, 3.63) is 11.6 Å². The highest BCUT2D eigenvalue weighted by atomic mass is 16.5. The molecule has 0 fully saturated rings. The fraction of sp³-hybridized carbons (Fsp3) is 0.700. The molecule has 1 unspecified atom stereocenters. The van der Waals surface area contributed by atoms with Crippen LogP contribution in [0.4, 0.5) is 0 Å². The normalized spacial score (nSPS) is 12.0. The Labute approximate surface area is 74.6 Å². The molecule has 0 aliphatic carbocycles. The number of hydrogen-bond donors (Lipinski definition) is 0. The Morgan fingerprint density at radius 1 is 1.50 bits per heavy atom. The van der Waals surface area contributed by atoms with Gasteiger partial charge in [0.05, 0.1) is 7.11 Å². The first kappa shape index (κ1) is 11.2. The second-order valence-electron chi connectivity index (χ2n) is 3.34. The molecule has 0 aromatic carbocycles. The van der Waals surface area contributed by atoms with Crippen molar-refractivity contribution in [3.8, 4) is 0 Å². The maximum atomic E-state index is 10.8. The van der Waals surface area contributed by atoms with Crippen molar-refractivity contribution in [1.82, 2.24) is 0 Å². The van der Waals surface area contributed by atoms with E-state index >= 15 is 0 Å². The van der Waals surface area contributed by atoms with Gasteiger partial charge in [0, 0.05) is 6.42 Å². The number of hydrogen-bond acceptors (Lipinski definition) is 2. The van der Waals surface area contributed by atoms with E-state index in [-0.39, 0.29) is 5.97 Å². The molecule has 0 spiro atoms. The van der Waals surface area contributed by atoms with E-state index in [0.717, 1.165) is 6.42 Å². The standard InChI is InChI=1S/C10H18O2/c1-8(2)7-9(3)5-6-10(11)12-4/h7,9H,5-6H2,1-4H3. The SMILES string of the molecule is COC(=O)CCC(C)C=C(C)C. The number of allylic oxidation sites excluding steroid dienone is 2. The molecule has 0 rings (SSSR count). The Kier molecular flexibility index (Phi) is 5.43. The highest BCUT2D eigenvalue weighted by Gasteiger charge is 2.03. The van der Waals surface area contributed by atoms with Crippen molar-refractivity contribution < 1.29 is 9.53 Å². The van der Waals surface area contributed by atoms with Gasteiger partial charge in [-0.1, -0.05) is 18.6 Å². The maximum absolute atomic E-state index is 10.8. The lowest BCUT2D eigenvalue weighted by atomic mass is 10.0. The van der Waals surface area contributed by atoms with Gasteiger partial charge in [-0.3, -0.25) is 4.79 Å². The maximum Gasteiger partial charge on any atom is 0.305 e. The van der Waals surface area contributed by atoms with Crippen LogP contribution in [0, 0.1) is 5.92 Å². The minimum atomic E-state index is -0.121. The van der Waals surface area contributed by atoms with Crippen LogP contribution in [0.25, 0.3) is 0 Å². The third-order valence-corrected chi connectivity index (χ3v) is 1.65. The van der Waals surface area contributed by atoms with Gasteiger partial charge in [-0.25, -0.2) is 0 Å². The molecule has 0 heterocycles. The molecular weight excluding hydrogens is 152 g/mol. The van der Waals surface area contributed by atoms with Gasteiger partial charge in [-0.05, 0) is 26.2 Å². The molecule has 0 aromatic heterocycles. The molecule has 0 radical (unpaired) electrons. The van der Waals surface area contributed by atoms with Gasteiger partial charge in [0.15, 0.2) is 0 Å². The van der Waals surface area contributed by atoms with Gasteiger partial charge in [-0.2, -0.15) is 0 Å². The van der Waals surface area contributed by atoms with Crippen molar-refractivity contribution >= 4 is 5.97 Å². The Balaban J connectivity index is 3.64. The molecular formula is C10H18O2. The molecule has 2 nitrogen and oxygen atoms in total. The summed E-state index contributed by atoms with van der Waals surface area (Å²) in [5.74, 6) is 0.345. The van der Waals surface area contributed by atoms with Crippen LogP contribution in [0.1, 0.15) is 33.6 Å². The summed E-state index contributed by atoms with van der Waals surface area (Å²) in [6.45, 7) is 6.24. The first-order chi connectivity index (χ1) is 5.56. The summed E-state index contributed by atoms with van der Waals surface area (Å²) in [5.41, 5.74) is 1.30. The molecule has 0 saturated heterocycles. The molecule has 70 valence electrons. The third-order valence-electron chi connectivity index (χ3n) is 1.65. The molecule has 0 aromatic rings. The summed E-state index contributed by atoms with van der Waals surface area (Å²) >= 11 is 0. The summed E-state index contributed by atoms with van der Waals surface area (Å²) in [5, 5.41) is 0. The summed E-state index contributed by atoms with van der Waals surface area (Å²) in [4.78, 5) is 10.8. The van der Waals surface area contributed by atoms with E-state index in [2.05, 4.69) is 31.6 Å². The minimum absolute atomic E-state index is 0.121. The van der Waals surface area contributed by atoms with E-state index < -0.39 is 0 Å². The number of rotatable bonds is 4. The van der Waals surface area contributed by atoms with Crippen LogP contribution in [0.15, 0.2) is 11.6 Å². The predicted molar refractivity (Wildman–Crippen MR) is 49.8 cm³/mol. The highest BCUT2D eigenvalue weighted by molar-refractivity contribution is 5.69. The van der Waals surface area contributed by atoms with Crippen molar-refractivity contribution in [2.24, 2.45) is 5.92 Å². The molecule has 12 heavy (non-hydrogen) atoms. The van der Waals surface area contributed by atoms with Gasteiger partial charge in [0.2, 0.25) is 0 Å². The van der Waals surface area contributed by atoms with Crippen LogP contribution in [0.3, 0.4) is 0 Å². The number of carbonyl (C=O) groups is 1. The van der Waals surface area contributed by atoms with Gasteiger partial charge >= 0.3 is 5.97 Å². The predicted octanol–water partition coefficient (Wildman–Crippen LogP) is 2.54. The lowest BCUT2D eigenvalue weighted by Gasteiger charge is -2.05. The smallest absolute Gasteiger partial charge is 0.305 e. The lowest BCUT2D eigenvalue weighted by molar-refractivity contribution is -0.140. The summed E-state index contributed by atoms with van der Waals surface area (Å²) < 4.78 is 4.55. The van der Waals surface area contributed by atoms with Crippen LogP contribution in [0.5, 0.6) is 0 Å². The van der Waals surface area contributed by atoms with E-state index in [9.17, 15) is 4.79 Å². The van der Waals surface area contributed by atoms with E-state index in [4.69, 9.17) is 0 Å². The van der Waals surface area contributed by atoms with E-state index in [0.29, 0.717) is 12.3 Å². The first-order valence-corrected chi connectivity index (χ1v) is 4.28. The topological polar surface area (TPSA) is 26.3 Å². The summed E-state index contributed by atoms with van der Waals surface area (Å²) in [6, 6.07) is 0. The van der Waals surface area contributed by atoms with Crippen molar-refractivity contribution in [2.75, 3.05) is 7.11 Å². The first-order valence-electron chi connectivity index (χ1n) is 4.28. The van der Waals surface area contributed by atoms with Crippen LogP contribution in [-0.4, -0.2) is 13.1 Å². The van der Waals surface area contributed by atoms with Crippen LogP contribution in [-0.2, 0) is 9.53 Å². The highest BCUT2D eigenvalue weighted by Crippen LogP contribution is 2.09. The van der Waals surface area contributed by atoms with Gasteiger partial charge in [0.25, 0.3) is 0 Å². The molecule has 0 aliphatic rings. The zero-order valence-electron chi connectivity index (χ0n) is 8.39. The Morgan fingerprint density at radius 3 is 2.50 bits per heavy atom. The fourth-order valence-corrected chi connectivity index (χ4v) is 1.10. The molecule has 1 atom stereocenters. The average molecular weight is 170 g/mol. The molecule has 0 bridgehead atoms. The Hall–Kier alpha value is -0.790. The third kappa shape index (κ3) is 5.96. The Bertz CT molecular complexity index is 167. The zero-order chi connectivity index (χ0) is 9.56. The number of carbonyl (C=O) groups excluding carboxylic acids is 1. The molecule has 0 saturated carbocycles. The fourth-order valence-electron chi connectivity index (χ4n) is 1.10. The van der Waals surface area contributed by atoms with Gasteiger partial charge < -0.3 is 4.74 Å². The second-order valence-corrected chi connectivity index (χ2v) is 3.34. The van der Waals surface area contributed by atoms with Gasteiger partial charge in [-0.15, -0.1) is 0 Å². The summed E-state index contributed by atoms with van der Waals surface area (Å²) in [6.07, 6.45) is 3.56. The van der Waals surface area contributed by atoms with E-state index in [1.165, 1.54) is 12.7 Å². The van der Waals surface area contributed by atoms with Crippen LogP contribution in [0.2, 0.25) is 0 Å². The zero-order valence-corrected chi connectivity index (χ0v) is 8.39. The molecule has 0 aliphatic heterocycles. The van der Waals surface area contributed by atoms with E-state index in [1.807, 2.05) is 0 Å². The number of ether oxygens (including phenoxy) is 1. The molecule has 0 N–H and O–H groups in total. The minimum Gasteiger partial charge on any atom is -0.469 e. The van der Waals surface area contributed by atoms with E-state index in [1.54, 1.807) is 0 Å². The quantitative estimate of drug-likeness (QED) is 0.478. The number of methoxy groups -OCH3 is 1. The molecule has 2 heteroatoms. The Morgan fingerprint density at radius 2 is 2.08 bits per heavy atom. The van der Waals surface area contributed by atoms with Crippen molar-refractivity contribution in [3.63, 3.8) is 0 Å². The monoisotopic (exact) mass is 170 g/mol. The average Bonchev–Trinajstić information content (AvgIpc) is 1.99. The van der Waals surface area contributed by atoms with Gasteiger partial charge in [0.1, 0.15) is 0 Å². The van der Waals surface area contributed by atoms with Crippen molar-refractivity contribution in [2.45, 2.75) is 33.6 Å². The lowest BCUT2D eigenvalue weighted by Crippen LogP contribution is -2.02. The van der Waals surface area contributed by atoms with Crippen LogP contribution >= 0.6 is 0 Å². The number of esters is 1. The molecule has 0 amide bonds. The van der Waals surface area contributed by atoms with Crippen LogP contribution < -0.4 is 0 Å². The largest absolute Gasteiger partial charge is 0.469 e. The summed E-state index contributed by atoms with van der Waals surface area (Å²) in [7, 11) is 1.42.